The highest BCUT2D eigenvalue weighted by Gasteiger charge is 2.73. The molecular weight excluding hydrogens is 361 g/mol. The smallest absolute Gasteiger partial charge is 0.182 e. The summed E-state index contributed by atoms with van der Waals surface area (Å²) in [6, 6.07) is 14.0. The molecule has 0 radical (unpaired) electrons. The number of nitrogens with two attached hydrogens (primary N) is 1. The van der Waals surface area contributed by atoms with Crippen molar-refractivity contribution in [2.24, 2.45) is 11.1 Å². The minimum absolute atomic E-state index is 0.0558. The Kier molecular flexibility index (Phi) is 4.66. The summed E-state index contributed by atoms with van der Waals surface area (Å²) in [5.74, 6) is -0.986. The van der Waals surface area contributed by atoms with Crippen molar-refractivity contribution >= 4 is 27.0 Å². The van der Waals surface area contributed by atoms with Crippen molar-refractivity contribution in [3.8, 4) is 0 Å². The maximum atomic E-state index is 13.7. The van der Waals surface area contributed by atoms with Crippen LogP contribution in [0.25, 0.3) is 0 Å². The lowest BCUT2D eigenvalue weighted by Gasteiger charge is -2.16. The Balaban J connectivity index is 2.14. The second-order valence-electron chi connectivity index (χ2n) is 6.15. The number of ether oxygens (including phenoxy) is 1. The molecule has 0 bridgehead atoms. The monoisotopic (exact) mass is 379 g/mol. The minimum Gasteiger partial charge on any atom is -0.393 e. The SMILES string of the molecule is COC[C@@]1(C(N)=S)[C@@H](c2cccc(F)c2)[C@@H]1S(=O)(=O)c1ccccc1. The molecular formula is C18H18FNO3S2. The van der Waals surface area contributed by atoms with E-state index in [1.807, 2.05) is 0 Å². The van der Waals surface area contributed by atoms with E-state index in [0.29, 0.717) is 5.56 Å². The van der Waals surface area contributed by atoms with Gasteiger partial charge in [0.15, 0.2) is 9.84 Å². The van der Waals surface area contributed by atoms with Crippen LogP contribution < -0.4 is 5.73 Å². The van der Waals surface area contributed by atoms with Crippen molar-refractivity contribution in [2.45, 2.75) is 16.1 Å². The molecule has 25 heavy (non-hydrogen) atoms. The van der Waals surface area contributed by atoms with E-state index < -0.39 is 32.2 Å². The average Bonchev–Trinajstić information content (AvgIpc) is 3.27. The van der Waals surface area contributed by atoms with Gasteiger partial charge in [-0.1, -0.05) is 42.5 Å². The Labute approximate surface area is 151 Å². The van der Waals surface area contributed by atoms with E-state index in [0.717, 1.165) is 0 Å². The summed E-state index contributed by atoms with van der Waals surface area (Å²) in [5.41, 5.74) is 5.44. The lowest BCUT2D eigenvalue weighted by Crippen LogP contribution is -2.33. The van der Waals surface area contributed by atoms with E-state index in [1.54, 1.807) is 30.3 Å². The highest BCUT2D eigenvalue weighted by Crippen LogP contribution is 2.64. The molecule has 3 rings (SSSR count). The fourth-order valence-corrected chi connectivity index (χ4v) is 6.36. The van der Waals surface area contributed by atoms with Crippen LogP contribution in [0.1, 0.15) is 11.5 Å². The Morgan fingerprint density at radius 2 is 1.92 bits per heavy atom. The lowest BCUT2D eigenvalue weighted by atomic mass is 10.00. The third-order valence-corrected chi connectivity index (χ3v) is 7.38. The van der Waals surface area contributed by atoms with Crippen LogP contribution in [0.3, 0.4) is 0 Å². The molecule has 0 heterocycles. The summed E-state index contributed by atoms with van der Waals surface area (Å²) >= 11 is 5.21. The molecule has 2 N–H and O–H groups in total. The summed E-state index contributed by atoms with van der Waals surface area (Å²) in [6.45, 7) is 0.0558. The molecule has 4 nitrogen and oxygen atoms in total. The number of halogens is 1. The summed E-state index contributed by atoms with van der Waals surface area (Å²) in [5, 5.41) is -0.887. The summed E-state index contributed by atoms with van der Waals surface area (Å²) in [6.07, 6.45) is 0. The van der Waals surface area contributed by atoms with E-state index >= 15 is 0 Å². The third kappa shape index (κ3) is 2.86. The van der Waals surface area contributed by atoms with Gasteiger partial charge in [-0.25, -0.2) is 12.8 Å². The summed E-state index contributed by atoms with van der Waals surface area (Å²) in [4.78, 5) is 0.253. The molecule has 0 amide bonds. The van der Waals surface area contributed by atoms with Crippen LogP contribution in [0.2, 0.25) is 0 Å². The maximum Gasteiger partial charge on any atom is 0.182 e. The topological polar surface area (TPSA) is 69.4 Å². The molecule has 1 aliphatic rings. The first kappa shape index (κ1) is 18.0. The van der Waals surface area contributed by atoms with Crippen LogP contribution in [-0.2, 0) is 14.6 Å². The molecule has 2 aromatic carbocycles. The van der Waals surface area contributed by atoms with Gasteiger partial charge in [0, 0.05) is 13.0 Å². The van der Waals surface area contributed by atoms with Crippen LogP contribution in [0, 0.1) is 11.2 Å². The molecule has 0 aromatic heterocycles. The van der Waals surface area contributed by atoms with Gasteiger partial charge >= 0.3 is 0 Å². The molecule has 3 atom stereocenters. The molecule has 0 spiro atoms. The minimum atomic E-state index is -3.72. The van der Waals surface area contributed by atoms with Crippen molar-refractivity contribution < 1.29 is 17.5 Å². The van der Waals surface area contributed by atoms with Crippen molar-refractivity contribution in [3.05, 3.63) is 66.0 Å². The standard InChI is InChI=1S/C18H18FNO3S2/c1-23-11-18(17(20)24)15(12-6-5-7-13(19)10-12)16(18)25(21,22)14-8-3-2-4-9-14/h2-10,15-16H,11H2,1H3,(H2,20,24)/t15-,16-,18+/m0/s1. The highest BCUT2D eigenvalue weighted by atomic mass is 32.2. The zero-order valence-electron chi connectivity index (χ0n) is 13.6. The second kappa shape index (κ2) is 6.48. The third-order valence-electron chi connectivity index (χ3n) is 4.71. The van der Waals surface area contributed by atoms with Gasteiger partial charge in [0.1, 0.15) is 5.82 Å². The van der Waals surface area contributed by atoms with Gasteiger partial charge in [0.05, 0.1) is 27.2 Å². The normalized spacial score (nSPS) is 25.5. The summed E-state index contributed by atoms with van der Waals surface area (Å²) in [7, 11) is -2.26. The van der Waals surface area contributed by atoms with Crippen LogP contribution in [-0.4, -0.2) is 32.4 Å². The molecule has 2 aromatic rings. The van der Waals surface area contributed by atoms with Gasteiger partial charge in [-0.15, -0.1) is 0 Å². The van der Waals surface area contributed by atoms with Crippen molar-refractivity contribution in [1.29, 1.82) is 0 Å². The first-order valence-electron chi connectivity index (χ1n) is 7.69. The molecule has 132 valence electrons. The number of rotatable bonds is 6. The summed E-state index contributed by atoms with van der Waals surface area (Å²) < 4.78 is 45.3. The maximum absolute atomic E-state index is 13.7. The fraction of sp³-hybridized carbons (Fsp3) is 0.278. The van der Waals surface area contributed by atoms with E-state index in [2.05, 4.69) is 0 Å². The van der Waals surface area contributed by atoms with E-state index in [9.17, 15) is 12.8 Å². The van der Waals surface area contributed by atoms with Crippen molar-refractivity contribution in [1.82, 2.24) is 0 Å². The number of sulfone groups is 1. The highest BCUT2D eigenvalue weighted by molar-refractivity contribution is 7.92. The first-order chi connectivity index (χ1) is 11.9. The van der Waals surface area contributed by atoms with Gasteiger partial charge in [-0.05, 0) is 29.8 Å². The van der Waals surface area contributed by atoms with Crippen LogP contribution >= 0.6 is 12.2 Å². The van der Waals surface area contributed by atoms with Crippen molar-refractivity contribution in [3.63, 3.8) is 0 Å². The Bertz CT molecular complexity index is 902. The molecule has 0 saturated heterocycles. The quantitative estimate of drug-likeness (QED) is 0.782. The number of thiocarbonyl (C=S) groups is 1. The van der Waals surface area contributed by atoms with Gasteiger partial charge in [-0.3, -0.25) is 0 Å². The Hall–Kier alpha value is -1.83. The number of benzene rings is 2. The largest absolute Gasteiger partial charge is 0.393 e. The van der Waals surface area contributed by atoms with E-state index in [-0.39, 0.29) is 16.5 Å². The first-order valence-corrected chi connectivity index (χ1v) is 9.64. The van der Waals surface area contributed by atoms with E-state index in [4.69, 9.17) is 22.7 Å². The van der Waals surface area contributed by atoms with Crippen molar-refractivity contribution in [2.75, 3.05) is 13.7 Å². The molecule has 1 saturated carbocycles. The second-order valence-corrected chi connectivity index (χ2v) is 8.66. The zero-order chi connectivity index (χ0) is 18.2. The fourth-order valence-electron chi connectivity index (χ4n) is 3.57. The Morgan fingerprint density at radius 1 is 1.24 bits per heavy atom. The molecule has 0 aliphatic heterocycles. The number of methoxy groups -OCH3 is 1. The van der Waals surface area contributed by atoms with Gasteiger partial charge in [0.25, 0.3) is 0 Å². The molecule has 0 unspecified atom stereocenters. The predicted octanol–water partition coefficient (Wildman–Crippen LogP) is 2.68. The van der Waals surface area contributed by atoms with Crippen LogP contribution in [0.4, 0.5) is 4.39 Å². The average molecular weight is 379 g/mol. The molecule has 1 aliphatic carbocycles. The predicted molar refractivity (Wildman–Crippen MR) is 97.7 cm³/mol. The van der Waals surface area contributed by atoms with Gasteiger partial charge in [-0.2, -0.15) is 0 Å². The lowest BCUT2D eigenvalue weighted by molar-refractivity contribution is 0.166. The molecule has 7 heteroatoms. The Morgan fingerprint density at radius 3 is 2.48 bits per heavy atom. The zero-order valence-corrected chi connectivity index (χ0v) is 15.2. The molecule has 1 fully saturated rings. The van der Waals surface area contributed by atoms with E-state index in [1.165, 1.54) is 31.4 Å². The number of hydrogen-bond donors (Lipinski definition) is 1. The van der Waals surface area contributed by atoms with Crippen LogP contribution in [0.15, 0.2) is 59.5 Å². The van der Waals surface area contributed by atoms with Gasteiger partial charge in [0.2, 0.25) is 0 Å². The number of hydrogen-bond acceptors (Lipinski definition) is 4. The van der Waals surface area contributed by atoms with Crippen LogP contribution in [0.5, 0.6) is 0 Å². The van der Waals surface area contributed by atoms with Gasteiger partial charge < -0.3 is 10.5 Å².